The zero-order valence-electron chi connectivity index (χ0n) is 12.1. The van der Waals surface area contributed by atoms with Crippen LogP contribution in [0, 0.1) is 0 Å². The van der Waals surface area contributed by atoms with E-state index in [1.165, 1.54) is 21.1 Å². The second-order valence-electron chi connectivity index (χ2n) is 4.55. The van der Waals surface area contributed by atoms with Crippen molar-refractivity contribution in [1.29, 1.82) is 0 Å². The number of aromatic nitrogens is 1. The fraction of sp³-hybridized carbons (Fsp3) is 0.583. The number of nitrogen functional groups attached to an aromatic ring is 1. The number of carbonyl (C=O) groups excluding carboxylic acids is 1. The van der Waals surface area contributed by atoms with Crippen LogP contribution in [0.5, 0.6) is 0 Å². The van der Waals surface area contributed by atoms with Crippen LogP contribution in [0.25, 0.3) is 0 Å². The van der Waals surface area contributed by atoms with Gasteiger partial charge in [0.05, 0.1) is 0 Å². The molecule has 1 aromatic rings. The number of rotatable bonds is 7. The lowest BCUT2D eigenvalue weighted by Crippen LogP contribution is -2.32. The largest absolute Gasteiger partial charge is 0.345 e. The number of hydrogen-bond acceptors (Lipinski definition) is 4. The quantitative estimate of drug-likeness (QED) is 0.434. The van der Waals surface area contributed by atoms with E-state index in [1.807, 2.05) is 19.3 Å². The first kappa shape index (κ1) is 16.7. The second kappa shape index (κ2) is 6.87. The highest BCUT2D eigenvalue weighted by Gasteiger charge is 2.26. The molecule has 8 heteroatoms. The maximum absolute atomic E-state index is 12.5. The molecular formula is C12H22N4O3S. The Kier molecular flexibility index (Phi) is 5.73. The second-order valence-corrected chi connectivity index (χ2v) is 6.49. The van der Waals surface area contributed by atoms with Gasteiger partial charge in [0.2, 0.25) is 10.0 Å². The molecule has 0 saturated heterocycles. The lowest BCUT2D eigenvalue weighted by molar-refractivity contribution is 0.0945. The molecule has 20 heavy (non-hydrogen) atoms. The number of nitrogens with zero attached hydrogens (tertiary/aromatic N) is 2. The Hall–Kier alpha value is -1.38. The van der Waals surface area contributed by atoms with Crippen molar-refractivity contribution in [1.82, 2.24) is 14.3 Å². The SMILES string of the molecule is CCCN(CCC)S(=O)(=O)c1cc(C(=O)NN)n(C)c1. The van der Waals surface area contributed by atoms with Crippen LogP contribution >= 0.6 is 0 Å². The summed E-state index contributed by atoms with van der Waals surface area (Å²) in [5.74, 6) is 4.55. The van der Waals surface area contributed by atoms with Crippen molar-refractivity contribution in [2.45, 2.75) is 31.6 Å². The van der Waals surface area contributed by atoms with Crippen LogP contribution in [0.1, 0.15) is 37.2 Å². The van der Waals surface area contributed by atoms with Gasteiger partial charge in [-0.15, -0.1) is 0 Å². The number of carbonyl (C=O) groups is 1. The van der Waals surface area contributed by atoms with Crippen molar-refractivity contribution >= 4 is 15.9 Å². The summed E-state index contributed by atoms with van der Waals surface area (Å²) in [5.41, 5.74) is 2.21. The minimum absolute atomic E-state index is 0.112. The van der Waals surface area contributed by atoms with E-state index in [0.29, 0.717) is 13.1 Å². The van der Waals surface area contributed by atoms with Crippen LogP contribution < -0.4 is 11.3 Å². The van der Waals surface area contributed by atoms with Crippen molar-refractivity contribution in [2.75, 3.05) is 13.1 Å². The topological polar surface area (TPSA) is 97.4 Å². The Morgan fingerprint density at radius 1 is 1.35 bits per heavy atom. The van der Waals surface area contributed by atoms with E-state index in [-0.39, 0.29) is 10.6 Å². The number of hydrazine groups is 1. The number of amides is 1. The Morgan fingerprint density at radius 3 is 2.35 bits per heavy atom. The normalized spacial score (nSPS) is 11.8. The molecule has 0 aliphatic carbocycles. The minimum atomic E-state index is -3.58. The van der Waals surface area contributed by atoms with E-state index < -0.39 is 15.9 Å². The molecule has 0 aromatic carbocycles. The molecule has 0 fully saturated rings. The predicted molar refractivity (Wildman–Crippen MR) is 76.4 cm³/mol. The lowest BCUT2D eigenvalue weighted by atomic mass is 10.4. The highest BCUT2D eigenvalue weighted by molar-refractivity contribution is 7.89. The van der Waals surface area contributed by atoms with Crippen molar-refractivity contribution < 1.29 is 13.2 Å². The fourth-order valence-electron chi connectivity index (χ4n) is 1.98. The van der Waals surface area contributed by atoms with E-state index in [1.54, 1.807) is 7.05 Å². The maximum Gasteiger partial charge on any atom is 0.281 e. The van der Waals surface area contributed by atoms with Crippen LogP contribution in [0.15, 0.2) is 17.2 Å². The molecule has 0 spiro atoms. The summed E-state index contributed by atoms with van der Waals surface area (Å²) in [5, 5.41) is 0. The molecule has 0 atom stereocenters. The molecule has 7 nitrogen and oxygen atoms in total. The van der Waals surface area contributed by atoms with Gasteiger partial charge in [0.15, 0.2) is 0 Å². The van der Waals surface area contributed by atoms with E-state index in [4.69, 9.17) is 5.84 Å². The molecule has 1 aromatic heterocycles. The van der Waals surface area contributed by atoms with Crippen molar-refractivity contribution in [3.63, 3.8) is 0 Å². The third-order valence-corrected chi connectivity index (χ3v) is 4.79. The number of nitrogens with two attached hydrogens (primary N) is 1. The number of hydrogen-bond donors (Lipinski definition) is 2. The van der Waals surface area contributed by atoms with Gasteiger partial charge in [0.1, 0.15) is 10.6 Å². The third-order valence-electron chi connectivity index (χ3n) is 2.93. The summed E-state index contributed by atoms with van der Waals surface area (Å²) in [4.78, 5) is 11.6. The first-order valence-corrected chi connectivity index (χ1v) is 7.99. The van der Waals surface area contributed by atoms with E-state index in [2.05, 4.69) is 0 Å². The first-order valence-electron chi connectivity index (χ1n) is 6.55. The average Bonchev–Trinajstić information content (AvgIpc) is 2.80. The maximum atomic E-state index is 12.5. The Morgan fingerprint density at radius 2 is 1.90 bits per heavy atom. The zero-order valence-corrected chi connectivity index (χ0v) is 12.9. The van der Waals surface area contributed by atoms with Crippen molar-refractivity contribution in [2.24, 2.45) is 12.9 Å². The summed E-state index contributed by atoms with van der Waals surface area (Å²) in [6.07, 6.45) is 2.91. The molecule has 0 aliphatic heterocycles. The number of nitrogens with one attached hydrogen (secondary N) is 1. The fourth-order valence-corrected chi connectivity index (χ4v) is 3.67. The van der Waals surface area contributed by atoms with E-state index in [9.17, 15) is 13.2 Å². The Bertz CT molecular complexity index is 559. The van der Waals surface area contributed by atoms with Gasteiger partial charge in [-0.05, 0) is 18.9 Å². The molecule has 0 bridgehead atoms. The highest BCUT2D eigenvalue weighted by Crippen LogP contribution is 2.19. The van der Waals surface area contributed by atoms with Gasteiger partial charge in [-0.25, -0.2) is 14.3 Å². The molecule has 1 amide bonds. The molecule has 0 saturated carbocycles. The van der Waals surface area contributed by atoms with Crippen LogP contribution in [-0.4, -0.2) is 36.3 Å². The monoisotopic (exact) mass is 302 g/mol. The van der Waals surface area contributed by atoms with Gasteiger partial charge in [-0.2, -0.15) is 4.31 Å². The van der Waals surface area contributed by atoms with Crippen LogP contribution in [-0.2, 0) is 17.1 Å². The summed E-state index contributed by atoms with van der Waals surface area (Å²) < 4.78 is 28.0. The van der Waals surface area contributed by atoms with Crippen LogP contribution in [0.4, 0.5) is 0 Å². The summed E-state index contributed by atoms with van der Waals surface area (Å²) in [6.45, 7) is 4.78. The molecule has 3 N–H and O–H groups in total. The minimum Gasteiger partial charge on any atom is -0.345 e. The van der Waals surface area contributed by atoms with Gasteiger partial charge in [0, 0.05) is 26.3 Å². The van der Waals surface area contributed by atoms with Crippen LogP contribution in [0.3, 0.4) is 0 Å². The Labute approximate surface area is 119 Å². The predicted octanol–water partition coefficient (Wildman–Crippen LogP) is 0.439. The molecule has 114 valence electrons. The number of sulfonamides is 1. The Balaban J connectivity index is 3.17. The summed E-state index contributed by atoms with van der Waals surface area (Å²) in [7, 11) is -1.97. The zero-order chi connectivity index (χ0) is 15.3. The van der Waals surface area contributed by atoms with Crippen LogP contribution in [0.2, 0.25) is 0 Å². The van der Waals surface area contributed by atoms with Gasteiger partial charge in [-0.3, -0.25) is 10.2 Å². The van der Waals surface area contributed by atoms with Crippen molar-refractivity contribution in [3.05, 3.63) is 18.0 Å². The molecule has 0 aliphatic rings. The molecule has 1 rings (SSSR count). The summed E-state index contributed by atoms with van der Waals surface area (Å²) in [6, 6.07) is 1.34. The molecular weight excluding hydrogens is 280 g/mol. The number of aryl methyl sites for hydroxylation is 1. The summed E-state index contributed by atoms with van der Waals surface area (Å²) >= 11 is 0. The average molecular weight is 302 g/mol. The molecule has 0 radical (unpaired) electrons. The molecule has 1 heterocycles. The first-order chi connectivity index (χ1) is 9.38. The van der Waals surface area contributed by atoms with Gasteiger partial charge < -0.3 is 4.57 Å². The van der Waals surface area contributed by atoms with E-state index in [0.717, 1.165) is 12.8 Å². The molecule has 0 unspecified atom stereocenters. The van der Waals surface area contributed by atoms with Crippen molar-refractivity contribution in [3.8, 4) is 0 Å². The lowest BCUT2D eigenvalue weighted by Gasteiger charge is -2.20. The highest BCUT2D eigenvalue weighted by atomic mass is 32.2. The van der Waals surface area contributed by atoms with E-state index >= 15 is 0 Å². The van der Waals surface area contributed by atoms with Gasteiger partial charge in [-0.1, -0.05) is 13.8 Å². The third kappa shape index (κ3) is 3.38. The smallest absolute Gasteiger partial charge is 0.281 e. The van der Waals surface area contributed by atoms with Gasteiger partial charge in [0.25, 0.3) is 5.91 Å². The van der Waals surface area contributed by atoms with Gasteiger partial charge >= 0.3 is 0 Å². The standard InChI is InChI=1S/C12H22N4O3S/c1-4-6-16(7-5-2)20(18,19)10-8-11(12(17)14-13)15(3)9-10/h8-9H,4-7,13H2,1-3H3,(H,14,17).